The van der Waals surface area contributed by atoms with Crippen molar-refractivity contribution in [3.63, 3.8) is 0 Å². The Kier molecular flexibility index (Phi) is 1.98. The van der Waals surface area contributed by atoms with Gasteiger partial charge in [0.2, 0.25) is 5.78 Å². The summed E-state index contributed by atoms with van der Waals surface area (Å²) in [6.07, 6.45) is 6.46. The molecular weight excluding hydrogens is 164 g/mol. The average molecular weight is 176 g/mol. The number of fused-ring (bicyclic) bond motifs is 1. The predicted molar refractivity (Wildman–Crippen MR) is 50.2 cm³/mol. The molecule has 0 saturated heterocycles. The van der Waals surface area contributed by atoms with E-state index in [0.717, 1.165) is 12.1 Å². The molecule has 0 aliphatic heterocycles. The Morgan fingerprint density at radius 3 is 3.15 bits per heavy atom. The number of hydrogen-bond acceptors (Lipinski definition) is 3. The molecule has 0 spiro atoms. The molecule has 0 fully saturated rings. The normalized spacial score (nSPS) is 13.4. The van der Waals surface area contributed by atoms with E-state index < -0.39 is 0 Å². The highest BCUT2D eigenvalue weighted by atomic mass is 15.1. The maximum absolute atomic E-state index is 5.85. The molecular formula is C9H12N4. The molecule has 68 valence electrons. The summed E-state index contributed by atoms with van der Waals surface area (Å²) in [6.45, 7) is 2.04. The Morgan fingerprint density at radius 1 is 1.62 bits per heavy atom. The first-order valence-corrected chi connectivity index (χ1v) is 4.36. The van der Waals surface area contributed by atoms with E-state index in [9.17, 15) is 0 Å². The number of nitrogens with two attached hydrogens (primary N) is 1. The number of aromatic nitrogens is 3. The van der Waals surface area contributed by atoms with Crippen molar-refractivity contribution < 1.29 is 0 Å². The largest absolute Gasteiger partial charge is 0.323 e. The molecule has 0 saturated carbocycles. The van der Waals surface area contributed by atoms with E-state index in [1.54, 1.807) is 6.20 Å². The van der Waals surface area contributed by atoms with Crippen molar-refractivity contribution in [3.05, 3.63) is 30.4 Å². The van der Waals surface area contributed by atoms with E-state index >= 15 is 0 Å². The lowest BCUT2D eigenvalue weighted by Gasteiger charge is -2.01. The van der Waals surface area contributed by atoms with Crippen LogP contribution in [0.25, 0.3) is 5.78 Å². The van der Waals surface area contributed by atoms with Crippen molar-refractivity contribution in [3.8, 4) is 0 Å². The molecule has 13 heavy (non-hydrogen) atoms. The van der Waals surface area contributed by atoms with Crippen LogP contribution in [0.1, 0.15) is 25.1 Å². The molecule has 2 aromatic heterocycles. The summed E-state index contributed by atoms with van der Waals surface area (Å²) in [4.78, 5) is 8.43. The fourth-order valence-corrected chi connectivity index (χ4v) is 1.24. The van der Waals surface area contributed by atoms with Gasteiger partial charge in [-0.1, -0.05) is 6.92 Å². The standard InChI is InChI=1S/C9H12N4/c1-2-7(10)8-6-13-5-3-4-11-9(13)12-8/h3-7H,2,10H2,1H3. The predicted octanol–water partition coefficient (Wildman–Crippen LogP) is 1.14. The van der Waals surface area contributed by atoms with Crippen molar-refractivity contribution in [2.24, 2.45) is 5.73 Å². The van der Waals surface area contributed by atoms with Crippen LogP contribution in [-0.2, 0) is 0 Å². The summed E-state index contributed by atoms with van der Waals surface area (Å²) in [5.41, 5.74) is 6.76. The molecule has 0 bridgehead atoms. The van der Waals surface area contributed by atoms with E-state index in [-0.39, 0.29) is 6.04 Å². The van der Waals surface area contributed by atoms with Crippen LogP contribution in [0.15, 0.2) is 24.7 Å². The summed E-state index contributed by atoms with van der Waals surface area (Å²) in [6, 6.07) is 1.89. The topological polar surface area (TPSA) is 56.2 Å². The van der Waals surface area contributed by atoms with Crippen molar-refractivity contribution in [2.45, 2.75) is 19.4 Å². The van der Waals surface area contributed by atoms with Gasteiger partial charge in [0.25, 0.3) is 0 Å². The molecule has 2 rings (SSSR count). The van der Waals surface area contributed by atoms with Gasteiger partial charge in [0.15, 0.2) is 0 Å². The lowest BCUT2D eigenvalue weighted by molar-refractivity contribution is 0.680. The third-order valence-corrected chi connectivity index (χ3v) is 2.07. The first-order valence-electron chi connectivity index (χ1n) is 4.36. The fourth-order valence-electron chi connectivity index (χ4n) is 1.24. The number of imidazole rings is 1. The van der Waals surface area contributed by atoms with Gasteiger partial charge in [-0.15, -0.1) is 0 Å². The molecule has 4 nitrogen and oxygen atoms in total. The van der Waals surface area contributed by atoms with Gasteiger partial charge in [0.1, 0.15) is 0 Å². The first-order chi connectivity index (χ1) is 6.31. The molecule has 2 heterocycles. The highest BCUT2D eigenvalue weighted by Crippen LogP contribution is 2.12. The first kappa shape index (κ1) is 8.19. The summed E-state index contributed by atoms with van der Waals surface area (Å²) >= 11 is 0. The van der Waals surface area contributed by atoms with Crippen molar-refractivity contribution >= 4 is 5.78 Å². The van der Waals surface area contributed by atoms with E-state index in [4.69, 9.17) is 5.73 Å². The molecule has 0 radical (unpaired) electrons. The molecule has 0 aliphatic rings. The molecule has 2 N–H and O–H groups in total. The summed E-state index contributed by atoms with van der Waals surface area (Å²) in [7, 11) is 0. The van der Waals surface area contributed by atoms with Gasteiger partial charge in [0.05, 0.1) is 5.69 Å². The monoisotopic (exact) mass is 176 g/mol. The smallest absolute Gasteiger partial charge is 0.233 e. The number of nitrogens with zero attached hydrogens (tertiary/aromatic N) is 3. The highest BCUT2D eigenvalue weighted by molar-refractivity contribution is 5.30. The van der Waals surface area contributed by atoms with Crippen LogP contribution in [0, 0.1) is 0 Å². The number of rotatable bonds is 2. The van der Waals surface area contributed by atoms with Crippen LogP contribution in [0.2, 0.25) is 0 Å². The van der Waals surface area contributed by atoms with Crippen LogP contribution in [-0.4, -0.2) is 14.4 Å². The Hall–Kier alpha value is -1.42. The van der Waals surface area contributed by atoms with Crippen LogP contribution < -0.4 is 5.73 Å². The summed E-state index contributed by atoms with van der Waals surface area (Å²) in [5, 5.41) is 0. The molecule has 1 atom stereocenters. The van der Waals surface area contributed by atoms with E-state index in [0.29, 0.717) is 5.78 Å². The molecule has 0 aliphatic carbocycles. The fraction of sp³-hybridized carbons (Fsp3) is 0.333. The molecule has 1 unspecified atom stereocenters. The van der Waals surface area contributed by atoms with Crippen LogP contribution in [0.4, 0.5) is 0 Å². The third-order valence-electron chi connectivity index (χ3n) is 2.07. The minimum atomic E-state index is 0.0155. The Bertz CT molecular complexity index is 374. The third kappa shape index (κ3) is 1.40. The van der Waals surface area contributed by atoms with Crippen LogP contribution >= 0.6 is 0 Å². The minimum absolute atomic E-state index is 0.0155. The highest BCUT2D eigenvalue weighted by Gasteiger charge is 2.07. The average Bonchev–Trinajstić information content (AvgIpc) is 2.59. The lowest BCUT2D eigenvalue weighted by Crippen LogP contribution is -2.08. The van der Waals surface area contributed by atoms with Crippen LogP contribution in [0.3, 0.4) is 0 Å². The SMILES string of the molecule is CCC(N)c1cn2cccnc2n1. The van der Waals surface area contributed by atoms with Gasteiger partial charge >= 0.3 is 0 Å². The number of hydrogen-bond donors (Lipinski definition) is 1. The Labute approximate surface area is 76.4 Å². The van der Waals surface area contributed by atoms with Gasteiger partial charge in [-0.2, -0.15) is 0 Å². The molecule has 0 aromatic carbocycles. The second-order valence-electron chi connectivity index (χ2n) is 3.01. The zero-order valence-corrected chi connectivity index (χ0v) is 7.51. The lowest BCUT2D eigenvalue weighted by atomic mass is 10.2. The van der Waals surface area contributed by atoms with E-state index in [1.165, 1.54) is 0 Å². The minimum Gasteiger partial charge on any atom is -0.323 e. The van der Waals surface area contributed by atoms with E-state index in [2.05, 4.69) is 9.97 Å². The van der Waals surface area contributed by atoms with Gasteiger partial charge in [-0.05, 0) is 12.5 Å². The molecule has 0 amide bonds. The second kappa shape index (κ2) is 3.14. The van der Waals surface area contributed by atoms with Gasteiger partial charge in [-0.3, -0.25) is 4.40 Å². The van der Waals surface area contributed by atoms with Gasteiger partial charge < -0.3 is 5.73 Å². The quantitative estimate of drug-likeness (QED) is 0.746. The molecule has 2 aromatic rings. The Balaban J connectivity index is 2.49. The van der Waals surface area contributed by atoms with Crippen LogP contribution in [0.5, 0.6) is 0 Å². The van der Waals surface area contributed by atoms with Crippen molar-refractivity contribution in [1.29, 1.82) is 0 Å². The Morgan fingerprint density at radius 2 is 2.46 bits per heavy atom. The maximum Gasteiger partial charge on any atom is 0.233 e. The second-order valence-corrected chi connectivity index (χ2v) is 3.01. The van der Waals surface area contributed by atoms with Gasteiger partial charge in [0, 0.05) is 24.6 Å². The van der Waals surface area contributed by atoms with Crippen molar-refractivity contribution in [2.75, 3.05) is 0 Å². The summed E-state index contributed by atoms with van der Waals surface area (Å²) in [5.74, 6) is 0.710. The summed E-state index contributed by atoms with van der Waals surface area (Å²) < 4.78 is 1.88. The zero-order valence-electron chi connectivity index (χ0n) is 7.51. The van der Waals surface area contributed by atoms with Gasteiger partial charge in [-0.25, -0.2) is 9.97 Å². The molecule has 4 heteroatoms. The van der Waals surface area contributed by atoms with E-state index in [1.807, 2.05) is 29.8 Å². The zero-order chi connectivity index (χ0) is 9.26. The maximum atomic E-state index is 5.85. The van der Waals surface area contributed by atoms with Crippen molar-refractivity contribution in [1.82, 2.24) is 14.4 Å².